The number of anilines is 1. The van der Waals surface area contributed by atoms with Crippen LogP contribution in [0, 0.1) is 11.6 Å². The van der Waals surface area contributed by atoms with Gasteiger partial charge in [0.15, 0.2) is 0 Å². The summed E-state index contributed by atoms with van der Waals surface area (Å²) in [6.45, 7) is 0. The molecule has 2 aromatic carbocycles. The van der Waals surface area contributed by atoms with Gasteiger partial charge in [-0.15, -0.1) is 0 Å². The predicted octanol–water partition coefficient (Wildman–Crippen LogP) is 3.14. The molecule has 2 rings (SSSR count). The van der Waals surface area contributed by atoms with Gasteiger partial charge >= 0.3 is 5.97 Å². The Morgan fingerprint density at radius 2 is 1.78 bits per heavy atom. The molecule has 0 aliphatic rings. The Morgan fingerprint density at radius 3 is 2.35 bits per heavy atom. The summed E-state index contributed by atoms with van der Waals surface area (Å²) in [6.07, 6.45) is 0. The number of halogens is 3. The van der Waals surface area contributed by atoms with Crippen LogP contribution in [-0.4, -0.2) is 26.5 Å². The fourth-order valence-corrected chi connectivity index (χ4v) is 3.59. The zero-order chi connectivity index (χ0) is 17.4. The second-order valence-electron chi connectivity index (χ2n) is 4.49. The van der Waals surface area contributed by atoms with Gasteiger partial charge in [-0.2, -0.15) is 0 Å². The highest BCUT2D eigenvalue weighted by Crippen LogP contribution is 2.30. The third-order valence-electron chi connectivity index (χ3n) is 3.08. The third kappa shape index (κ3) is 3.13. The maximum Gasteiger partial charge on any atom is 0.338 e. The molecule has 0 amide bonds. The molecule has 1 N–H and O–H groups in total. The van der Waals surface area contributed by atoms with Gasteiger partial charge in [0.1, 0.15) is 16.5 Å². The maximum absolute atomic E-state index is 13.8. The first-order chi connectivity index (χ1) is 10.7. The number of carbonyl (C=O) groups is 1. The molecule has 0 fully saturated rings. The van der Waals surface area contributed by atoms with Crippen molar-refractivity contribution in [1.29, 1.82) is 0 Å². The van der Waals surface area contributed by atoms with Gasteiger partial charge in [-0.25, -0.2) is 22.0 Å². The monoisotopic (exact) mass is 361 g/mol. The van der Waals surface area contributed by atoms with Crippen LogP contribution in [-0.2, 0) is 10.0 Å². The first kappa shape index (κ1) is 17.2. The average Bonchev–Trinajstić information content (AvgIpc) is 2.46. The Hall–Kier alpha value is -2.19. The highest BCUT2D eigenvalue weighted by molar-refractivity contribution is 7.93. The number of benzene rings is 2. The molecule has 9 heteroatoms. The summed E-state index contributed by atoms with van der Waals surface area (Å²) in [5.41, 5.74) is -1.11. The van der Waals surface area contributed by atoms with Crippen molar-refractivity contribution in [2.24, 2.45) is 0 Å². The van der Waals surface area contributed by atoms with Gasteiger partial charge in [-0.3, -0.25) is 4.31 Å². The standard InChI is InChI=1S/C14H10ClF2NO4S/c1-18(12-5-3-2-4-10(12)16)23(21,22)13-6-8(14(19)20)11(17)7-9(13)15/h2-7H,1H3,(H,19,20). The zero-order valence-electron chi connectivity index (χ0n) is 11.6. The minimum Gasteiger partial charge on any atom is -0.478 e. The van der Waals surface area contributed by atoms with Gasteiger partial charge in [0.2, 0.25) is 0 Å². The van der Waals surface area contributed by atoms with E-state index in [-0.39, 0.29) is 5.69 Å². The molecule has 0 saturated carbocycles. The van der Waals surface area contributed by atoms with Crippen LogP contribution in [0.3, 0.4) is 0 Å². The summed E-state index contributed by atoms with van der Waals surface area (Å²) in [6, 6.07) is 6.30. The Bertz CT molecular complexity index is 886. The number of carboxylic acids is 1. The summed E-state index contributed by atoms with van der Waals surface area (Å²) in [7, 11) is -3.31. The van der Waals surface area contributed by atoms with Crippen LogP contribution < -0.4 is 4.31 Å². The van der Waals surface area contributed by atoms with E-state index in [0.29, 0.717) is 16.4 Å². The molecule has 0 atom stereocenters. The van der Waals surface area contributed by atoms with Gasteiger partial charge in [0.05, 0.1) is 16.3 Å². The molecular formula is C14H10ClF2NO4S. The molecule has 0 aromatic heterocycles. The topological polar surface area (TPSA) is 74.7 Å². The van der Waals surface area contributed by atoms with E-state index < -0.39 is 43.1 Å². The van der Waals surface area contributed by atoms with E-state index in [2.05, 4.69) is 0 Å². The lowest BCUT2D eigenvalue weighted by molar-refractivity contribution is 0.0691. The maximum atomic E-state index is 13.8. The molecular weight excluding hydrogens is 352 g/mol. The summed E-state index contributed by atoms with van der Waals surface area (Å²) in [4.78, 5) is 10.3. The van der Waals surface area contributed by atoms with Crippen LogP contribution in [0.4, 0.5) is 14.5 Å². The highest BCUT2D eigenvalue weighted by Gasteiger charge is 2.28. The van der Waals surface area contributed by atoms with Gasteiger partial charge in [0.25, 0.3) is 10.0 Å². The first-order valence-electron chi connectivity index (χ1n) is 6.12. The Morgan fingerprint density at radius 1 is 1.17 bits per heavy atom. The van der Waals surface area contributed by atoms with E-state index >= 15 is 0 Å². The Kier molecular flexibility index (Phi) is 4.58. The van der Waals surface area contributed by atoms with Gasteiger partial charge in [-0.05, 0) is 24.3 Å². The molecule has 0 heterocycles. The van der Waals surface area contributed by atoms with E-state index in [0.717, 1.165) is 13.1 Å². The second kappa shape index (κ2) is 6.13. The van der Waals surface area contributed by atoms with E-state index in [4.69, 9.17) is 16.7 Å². The van der Waals surface area contributed by atoms with Crippen LogP contribution >= 0.6 is 11.6 Å². The zero-order valence-corrected chi connectivity index (χ0v) is 13.2. The van der Waals surface area contributed by atoms with Gasteiger partial charge in [-0.1, -0.05) is 23.7 Å². The number of nitrogens with zero attached hydrogens (tertiary/aromatic N) is 1. The number of rotatable bonds is 4. The van der Waals surface area contributed by atoms with Crippen molar-refractivity contribution in [1.82, 2.24) is 0 Å². The minimum absolute atomic E-state index is 0.259. The number of hydrogen-bond acceptors (Lipinski definition) is 3. The minimum atomic E-state index is -4.39. The molecule has 0 aliphatic heterocycles. The number of sulfonamides is 1. The normalized spacial score (nSPS) is 11.3. The van der Waals surface area contributed by atoms with Crippen LogP contribution in [0.2, 0.25) is 5.02 Å². The first-order valence-corrected chi connectivity index (χ1v) is 7.94. The highest BCUT2D eigenvalue weighted by atomic mass is 35.5. The van der Waals surface area contributed by atoms with Crippen LogP contribution in [0.15, 0.2) is 41.3 Å². The van der Waals surface area contributed by atoms with E-state index in [1.165, 1.54) is 18.2 Å². The largest absolute Gasteiger partial charge is 0.478 e. The van der Waals surface area contributed by atoms with E-state index in [9.17, 15) is 22.0 Å². The number of hydrogen-bond donors (Lipinski definition) is 1. The van der Waals surface area contributed by atoms with Crippen LogP contribution in [0.25, 0.3) is 0 Å². The summed E-state index contributed by atoms with van der Waals surface area (Å²) in [5, 5.41) is 8.39. The third-order valence-corrected chi connectivity index (χ3v) is 5.32. The van der Waals surface area contributed by atoms with Crippen LogP contribution in [0.1, 0.15) is 10.4 Å². The van der Waals surface area contributed by atoms with Gasteiger partial charge < -0.3 is 5.11 Å². The van der Waals surface area contributed by atoms with E-state index in [1.54, 1.807) is 0 Å². The smallest absolute Gasteiger partial charge is 0.338 e. The van der Waals surface area contributed by atoms with Crippen molar-refractivity contribution < 1.29 is 27.1 Å². The van der Waals surface area contributed by atoms with Gasteiger partial charge in [0, 0.05) is 7.05 Å². The molecule has 0 aliphatic carbocycles. The molecule has 5 nitrogen and oxygen atoms in total. The number of aromatic carboxylic acids is 1. The lowest BCUT2D eigenvalue weighted by Gasteiger charge is -2.21. The summed E-state index contributed by atoms with van der Waals surface area (Å²) in [5.74, 6) is -3.62. The molecule has 122 valence electrons. The molecule has 0 bridgehead atoms. The van der Waals surface area contributed by atoms with Crippen molar-refractivity contribution in [3.05, 3.63) is 58.6 Å². The molecule has 23 heavy (non-hydrogen) atoms. The Balaban J connectivity index is 2.63. The lowest BCUT2D eigenvalue weighted by atomic mass is 10.2. The number of para-hydroxylation sites is 1. The fourth-order valence-electron chi connectivity index (χ4n) is 1.87. The molecule has 0 saturated heterocycles. The quantitative estimate of drug-likeness (QED) is 0.907. The molecule has 2 aromatic rings. The van der Waals surface area contributed by atoms with Crippen molar-refractivity contribution in [2.45, 2.75) is 4.90 Å². The number of carboxylic acid groups (broad SMARTS) is 1. The van der Waals surface area contributed by atoms with Crippen molar-refractivity contribution in [2.75, 3.05) is 11.4 Å². The van der Waals surface area contributed by atoms with Crippen molar-refractivity contribution in [3.8, 4) is 0 Å². The molecule has 0 spiro atoms. The Labute approximate surface area is 135 Å². The summed E-state index contributed by atoms with van der Waals surface area (Å²) < 4.78 is 53.0. The second-order valence-corrected chi connectivity index (χ2v) is 6.84. The average molecular weight is 362 g/mol. The predicted molar refractivity (Wildman–Crippen MR) is 80.4 cm³/mol. The SMILES string of the molecule is CN(c1ccccc1F)S(=O)(=O)c1cc(C(=O)O)c(F)cc1Cl. The lowest BCUT2D eigenvalue weighted by Crippen LogP contribution is -2.28. The molecule has 0 radical (unpaired) electrons. The summed E-state index contributed by atoms with van der Waals surface area (Å²) >= 11 is 5.73. The fraction of sp³-hybridized carbons (Fsp3) is 0.0714. The van der Waals surface area contributed by atoms with E-state index in [1.807, 2.05) is 0 Å². The molecule has 0 unspecified atom stereocenters. The van der Waals surface area contributed by atoms with Crippen molar-refractivity contribution >= 4 is 33.3 Å². The van der Waals surface area contributed by atoms with Crippen LogP contribution in [0.5, 0.6) is 0 Å². The van der Waals surface area contributed by atoms with Crippen molar-refractivity contribution in [3.63, 3.8) is 0 Å².